The standard InChI is InChI=1S/C16H19N3O3S/c1-2-13-15(23-18-17-13)16(22)19(10-6-9-14(20)21)11-12-7-4-3-5-8-12/h3-5,7-8H,2,6,9-11H2,1H3,(H,20,21). The fraction of sp³-hybridized carbons (Fsp3) is 0.375. The van der Waals surface area contributed by atoms with Gasteiger partial charge in [-0.25, -0.2) is 0 Å². The first-order chi connectivity index (χ1) is 11.1. The van der Waals surface area contributed by atoms with E-state index in [1.165, 1.54) is 0 Å². The Balaban J connectivity index is 2.14. The van der Waals surface area contributed by atoms with E-state index < -0.39 is 5.97 Å². The fourth-order valence-corrected chi connectivity index (χ4v) is 2.94. The van der Waals surface area contributed by atoms with Crippen LogP contribution in [-0.2, 0) is 17.8 Å². The molecule has 1 aromatic carbocycles. The summed E-state index contributed by atoms with van der Waals surface area (Å²) >= 11 is 1.09. The number of nitrogens with zero attached hydrogens (tertiary/aromatic N) is 3. The summed E-state index contributed by atoms with van der Waals surface area (Å²) in [5.74, 6) is -0.989. The van der Waals surface area contributed by atoms with E-state index in [0.29, 0.717) is 36.5 Å². The molecule has 122 valence electrons. The number of carboxylic acids is 1. The van der Waals surface area contributed by atoms with Gasteiger partial charge in [0.15, 0.2) is 0 Å². The maximum atomic E-state index is 12.8. The van der Waals surface area contributed by atoms with E-state index in [4.69, 9.17) is 5.11 Å². The van der Waals surface area contributed by atoms with Crippen LogP contribution < -0.4 is 0 Å². The van der Waals surface area contributed by atoms with Gasteiger partial charge in [-0.1, -0.05) is 41.7 Å². The average Bonchev–Trinajstić information content (AvgIpc) is 3.02. The van der Waals surface area contributed by atoms with E-state index in [1.807, 2.05) is 37.3 Å². The molecule has 2 rings (SSSR count). The topological polar surface area (TPSA) is 83.4 Å². The molecule has 1 aromatic heterocycles. The van der Waals surface area contributed by atoms with E-state index in [2.05, 4.69) is 9.59 Å². The SMILES string of the molecule is CCc1nnsc1C(=O)N(CCCC(=O)O)Cc1ccccc1. The molecular weight excluding hydrogens is 314 g/mol. The summed E-state index contributed by atoms with van der Waals surface area (Å²) in [5, 5.41) is 12.8. The third kappa shape index (κ3) is 4.85. The lowest BCUT2D eigenvalue weighted by Crippen LogP contribution is -2.32. The minimum Gasteiger partial charge on any atom is -0.481 e. The third-order valence-electron chi connectivity index (χ3n) is 3.41. The molecule has 0 bridgehead atoms. The Bertz CT molecular complexity index is 658. The Morgan fingerprint density at radius 1 is 1.26 bits per heavy atom. The Labute approximate surface area is 138 Å². The number of hydrogen-bond acceptors (Lipinski definition) is 5. The molecule has 1 N–H and O–H groups in total. The molecule has 23 heavy (non-hydrogen) atoms. The number of hydrogen-bond donors (Lipinski definition) is 1. The minimum absolute atomic E-state index is 0.0418. The van der Waals surface area contributed by atoms with Crippen LogP contribution in [0.1, 0.15) is 40.7 Å². The maximum absolute atomic E-state index is 12.8. The zero-order valence-electron chi connectivity index (χ0n) is 12.9. The van der Waals surface area contributed by atoms with Crippen molar-refractivity contribution in [3.63, 3.8) is 0 Å². The molecule has 0 aliphatic rings. The molecule has 0 aliphatic heterocycles. The van der Waals surface area contributed by atoms with Gasteiger partial charge in [-0.2, -0.15) is 0 Å². The zero-order chi connectivity index (χ0) is 16.7. The second-order valence-electron chi connectivity index (χ2n) is 5.11. The van der Waals surface area contributed by atoms with E-state index in [9.17, 15) is 9.59 Å². The molecule has 0 fully saturated rings. The van der Waals surface area contributed by atoms with Crippen LogP contribution in [0.25, 0.3) is 0 Å². The molecule has 0 unspecified atom stereocenters. The van der Waals surface area contributed by atoms with Crippen molar-refractivity contribution in [3.8, 4) is 0 Å². The van der Waals surface area contributed by atoms with Gasteiger partial charge in [-0.15, -0.1) is 5.10 Å². The lowest BCUT2D eigenvalue weighted by molar-refractivity contribution is -0.137. The molecule has 2 aromatic rings. The number of aromatic nitrogens is 2. The van der Waals surface area contributed by atoms with Crippen LogP contribution in [0.3, 0.4) is 0 Å². The molecule has 0 spiro atoms. The molecule has 7 heteroatoms. The van der Waals surface area contributed by atoms with Crippen LogP contribution in [0.15, 0.2) is 30.3 Å². The minimum atomic E-state index is -0.856. The first-order valence-corrected chi connectivity index (χ1v) is 8.25. The van der Waals surface area contributed by atoms with Gasteiger partial charge < -0.3 is 10.0 Å². The molecule has 1 heterocycles. The van der Waals surface area contributed by atoms with Crippen molar-refractivity contribution < 1.29 is 14.7 Å². The van der Waals surface area contributed by atoms with E-state index >= 15 is 0 Å². The lowest BCUT2D eigenvalue weighted by Gasteiger charge is -2.22. The summed E-state index contributed by atoms with van der Waals surface area (Å²) < 4.78 is 3.86. The van der Waals surface area contributed by atoms with Crippen LogP contribution in [0.4, 0.5) is 0 Å². The Morgan fingerprint density at radius 2 is 2.00 bits per heavy atom. The lowest BCUT2D eigenvalue weighted by atomic mass is 10.2. The molecular formula is C16H19N3O3S. The first kappa shape index (κ1) is 17.1. The number of amides is 1. The predicted octanol–water partition coefficient (Wildman–Crippen LogP) is 2.61. The largest absolute Gasteiger partial charge is 0.481 e. The van der Waals surface area contributed by atoms with Gasteiger partial charge in [0.05, 0.1) is 5.69 Å². The number of aliphatic carboxylic acids is 1. The van der Waals surface area contributed by atoms with Gasteiger partial charge in [-0.05, 0) is 29.9 Å². The highest BCUT2D eigenvalue weighted by Crippen LogP contribution is 2.17. The van der Waals surface area contributed by atoms with Crippen LogP contribution in [0.5, 0.6) is 0 Å². The number of carbonyl (C=O) groups is 2. The van der Waals surface area contributed by atoms with Crippen LogP contribution in [0, 0.1) is 0 Å². The highest BCUT2D eigenvalue weighted by molar-refractivity contribution is 7.08. The van der Waals surface area contributed by atoms with Gasteiger partial charge in [0.2, 0.25) is 0 Å². The highest BCUT2D eigenvalue weighted by Gasteiger charge is 2.22. The number of benzene rings is 1. The monoisotopic (exact) mass is 333 g/mol. The molecule has 0 saturated carbocycles. The van der Waals surface area contributed by atoms with E-state index in [-0.39, 0.29) is 12.3 Å². The Morgan fingerprint density at radius 3 is 2.65 bits per heavy atom. The fourth-order valence-electron chi connectivity index (χ4n) is 2.22. The number of carbonyl (C=O) groups excluding carboxylic acids is 1. The van der Waals surface area contributed by atoms with Crippen molar-refractivity contribution in [2.75, 3.05) is 6.54 Å². The summed E-state index contributed by atoms with van der Waals surface area (Å²) in [5.41, 5.74) is 1.70. The smallest absolute Gasteiger partial charge is 0.303 e. The van der Waals surface area contributed by atoms with Crippen molar-refractivity contribution in [2.24, 2.45) is 0 Å². The Hall–Kier alpha value is -2.28. The zero-order valence-corrected chi connectivity index (χ0v) is 13.8. The van der Waals surface area contributed by atoms with Gasteiger partial charge >= 0.3 is 5.97 Å². The maximum Gasteiger partial charge on any atom is 0.303 e. The number of aryl methyl sites for hydroxylation is 1. The normalized spacial score (nSPS) is 10.5. The summed E-state index contributed by atoms with van der Waals surface area (Å²) in [6, 6.07) is 9.65. The molecule has 0 aliphatic carbocycles. The second-order valence-corrected chi connectivity index (χ2v) is 5.87. The molecule has 0 atom stereocenters. The second kappa shape index (κ2) is 8.38. The average molecular weight is 333 g/mol. The van der Waals surface area contributed by atoms with Crippen molar-refractivity contribution in [3.05, 3.63) is 46.5 Å². The summed E-state index contributed by atoms with van der Waals surface area (Å²) in [6.45, 7) is 2.76. The quantitative estimate of drug-likeness (QED) is 0.803. The number of carboxylic acid groups (broad SMARTS) is 1. The van der Waals surface area contributed by atoms with Crippen LogP contribution in [0.2, 0.25) is 0 Å². The van der Waals surface area contributed by atoms with Crippen LogP contribution >= 0.6 is 11.5 Å². The summed E-state index contributed by atoms with van der Waals surface area (Å²) in [4.78, 5) is 25.7. The van der Waals surface area contributed by atoms with Crippen molar-refractivity contribution in [2.45, 2.75) is 32.7 Å². The molecule has 1 amide bonds. The Kier molecular flexibility index (Phi) is 6.22. The molecule has 6 nitrogen and oxygen atoms in total. The van der Waals surface area contributed by atoms with Gasteiger partial charge in [-0.3, -0.25) is 9.59 Å². The molecule has 0 saturated heterocycles. The first-order valence-electron chi connectivity index (χ1n) is 7.48. The van der Waals surface area contributed by atoms with Crippen molar-refractivity contribution in [1.29, 1.82) is 0 Å². The predicted molar refractivity (Wildman–Crippen MR) is 87.3 cm³/mol. The summed E-state index contributed by atoms with van der Waals surface area (Å²) in [7, 11) is 0. The summed E-state index contributed by atoms with van der Waals surface area (Å²) in [6.07, 6.45) is 1.10. The van der Waals surface area contributed by atoms with Crippen LogP contribution in [-0.4, -0.2) is 38.0 Å². The highest BCUT2D eigenvalue weighted by atomic mass is 32.1. The molecule has 0 radical (unpaired) electrons. The van der Waals surface area contributed by atoms with Gasteiger partial charge in [0, 0.05) is 19.5 Å². The number of rotatable bonds is 8. The van der Waals surface area contributed by atoms with E-state index in [0.717, 1.165) is 17.1 Å². The van der Waals surface area contributed by atoms with E-state index in [1.54, 1.807) is 4.90 Å². The van der Waals surface area contributed by atoms with Crippen molar-refractivity contribution >= 4 is 23.4 Å². The van der Waals surface area contributed by atoms with Gasteiger partial charge in [0.1, 0.15) is 4.88 Å². The third-order valence-corrected chi connectivity index (χ3v) is 4.16. The van der Waals surface area contributed by atoms with Gasteiger partial charge in [0.25, 0.3) is 5.91 Å². The van der Waals surface area contributed by atoms with Crippen molar-refractivity contribution in [1.82, 2.24) is 14.5 Å².